The van der Waals surface area contributed by atoms with Crippen LogP contribution in [0.4, 0.5) is 5.95 Å². The topological polar surface area (TPSA) is 97.2 Å². The molecule has 2 aromatic heterocycles. The number of hydrogen-bond donors (Lipinski definition) is 1. The van der Waals surface area contributed by atoms with E-state index in [-0.39, 0.29) is 28.1 Å². The maximum absolute atomic E-state index is 13.0. The van der Waals surface area contributed by atoms with E-state index < -0.39 is 10.0 Å². The summed E-state index contributed by atoms with van der Waals surface area (Å²) < 4.78 is 26.7. The average Bonchev–Trinajstić information content (AvgIpc) is 3.36. The Kier molecular flexibility index (Phi) is 4.83. The molecule has 0 bridgehead atoms. The lowest BCUT2D eigenvalue weighted by molar-refractivity contribution is 0.331. The number of halogens is 1. The van der Waals surface area contributed by atoms with Gasteiger partial charge in [-0.1, -0.05) is 18.0 Å². The first kappa shape index (κ1) is 20.2. The van der Waals surface area contributed by atoms with Gasteiger partial charge in [0.05, 0.1) is 6.26 Å². The Hall–Kier alpha value is -1.71. The molecule has 3 aliphatic rings. The van der Waals surface area contributed by atoms with Gasteiger partial charge in [-0.3, -0.25) is 9.36 Å². The minimum Gasteiger partial charge on any atom is -0.351 e. The summed E-state index contributed by atoms with van der Waals surface area (Å²) >= 11 is 6.27. The number of rotatable bonds is 4. The van der Waals surface area contributed by atoms with E-state index in [1.54, 1.807) is 12.3 Å². The van der Waals surface area contributed by atoms with Crippen LogP contribution >= 0.6 is 11.6 Å². The summed E-state index contributed by atoms with van der Waals surface area (Å²) in [6, 6.07) is 1.89. The molecule has 0 amide bonds. The number of piperidine rings is 1. The van der Waals surface area contributed by atoms with E-state index in [9.17, 15) is 13.2 Å². The molecule has 3 heterocycles. The highest BCUT2D eigenvalue weighted by molar-refractivity contribution is 7.88. The van der Waals surface area contributed by atoms with Gasteiger partial charge in [0.25, 0.3) is 5.56 Å². The molecule has 8 nitrogen and oxygen atoms in total. The van der Waals surface area contributed by atoms with Gasteiger partial charge < -0.3 is 5.32 Å². The van der Waals surface area contributed by atoms with Crippen LogP contribution in [0.1, 0.15) is 51.0 Å². The van der Waals surface area contributed by atoms with Crippen molar-refractivity contribution in [2.45, 2.75) is 57.0 Å². The summed E-state index contributed by atoms with van der Waals surface area (Å²) in [5.74, 6) is 0.471. The Morgan fingerprint density at radius 2 is 1.93 bits per heavy atom. The van der Waals surface area contributed by atoms with Gasteiger partial charge in [-0.05, 0) is 50.0 Å². The minimum atomic E-state index is -3.16. The molecule has 1 N–H and O–H groups in total. The predicted molar refractivity (Wildman–Crippen MR) is 116 cm³/mol. The number of sulfonamides is 1. The van der Waals surface area contributed by atoms with E-state index in [1.165, 1.54) is 10.6 Å². The first-order valence-electron chi connectivity index (χ1n) is 10.6. The van der Waals surface area contributed by atoms with E-state index in [1.807, 2.05) is 4.57 Å². The van der Waals surface area contributed by atoms with Crippen molar-refractivity contribution in [1.82, 2.24) is 18.8 Å². The van der Waals surface area contributed by atoms with Crippen LogP contribution in [-0.4, -0.2) is 52.6 Å². The van der Waals surface area contributed by atoms with Crippen molar-refractivity contribution in [2.24, 2.45) is 5.41 Å². The lowest BCUT2D eigenvalue weighted by Crippen LogP contribution is -2.42. The van der Waals surface area contributed by atoms with Crippen molar-refractivity contribution < 1.29 is 8.42 Å². The van der Waals surface area contributed by atoms with Crippen molar-refractivity contribution in [3.8, 4) is 0 Å². The number of anilines is 1. The monoisotopic (exact) mass is 451 g/mol. The molecule has 3 fully saturated rings. The van der Waals surface area contributed by atoms with Crippen LogP contribution in [0.15, 0.2) is 17.1 Å². The summed E-state index contributed by atoms with van der Waals surface area (Å²) in [4.78, 5) is 22.2. The molecule has 0 radical (unpaired) electrons. The quantitative estimate of drug-likeness (QED) is 0.767. The third kappa shape index (κ3) is 3.50. The summed E-state index contributed by atoms with van der Waals surface area (Å²) in [5, 5.41) is 4.32. The molecule has 1 spiro atoms. The molecule has 162 valence electrons. The number of aromatic nitrogens is 3. The van der Waals surface area contributed by atoms with Gasteiger partial charge in [0.15, 0.2) is 0 Å². The molecule has 2 saturated carbocycles. The van der Waals surface area contributed by atoms with Gasteiger partial charge in [-0.15, -0.1) is 0 Å². The Morgan fingerprint density at radius 1 is 1.20 bits per heavy atom. The highest BCUT2D eigenvalue weighted by atomic mass is 35.5. The Balaban J connectivity index is 1.45. The Labute approximate surface area is 180 Å². The second-order valence-corrected chi connectivity index (χ2v) is 11.4. The van der Waals surface area contributed by atoms with Crippen LogP contribution in [0.25, 0.3) is 11.0 Å². The molecular formula is C20H26ClN5O3S. The predicted octanol–water partition coefficient (Wildman–Crippen LogP) is 2.79. The van der Waals surface area contributed by atoms with Crippen molar-refractivity contribution in [2.75, 3.05) is 24.7 Å². The van der Waals surface area contributed by atoms with Crippen LogP contribution in [0.2, 0.25) is 5.02 Å². The SMILES string of the molecule is CS(=O)(=O)N1CCC(Nc2ncc3cc(Cl)c(=O)n(C4CCCC45CC5)c3n2)CC1. The van der Waals surface area contributed by atoms with E-state index in [0.29, 0.717) is 37.5 Å². The zero-order valence-corrected chi connectivity index (χ0v) is 18.5. The fourth-order valence-electron chi connectivity index (χ4n) is 5.23. The lowest BCUT2D eigenvalue weighted by atomic mass is 10.00. The smallest absolute Gasteiger partial charge is 0.271 e. The van der Waals surface area contributed by atoms with E-state index in [0.717, 1.165) is 37.5 Å². The number of nitrogens with one attached hydrogen (secondary N) is 1. The van der Waals surface area contributed by atoms with Crippen LogP contribution in [-0.2, 0) is 10.0 Å². The maximum atomic E-state index is 13.0. The first-order chi connectivity index (χ1) is 14.3. The van der Waals surface area contributed by atoms with Crippen molar-refractivity contribution >= 4 is 38.6 Å². The van der Waals surface area contributed by atoms with Gasteiger partial charge >= 0.3 is 0 Å². The molecule has 30 heavy (non-hydrogen) atoms. The van der Waals surface area contributed by atoms with Crippen molar-refractivity contribution in [3.63, 3.8) is 0 Å². The van der Waals surface area contributed by atoms with Gasteiger partial charge in [0.2, 0.25) is 16.0 Å². The zero-order valence-electron chi connectivity index (χ0n) is 17.0. The molecule has 1 unspecified atom stereocenters. The number of hydrogen-bond acceptors (Lipinski definition) is 6. The Bertz CT molecular complexity index is 1150. The Morgan fingerprint density at radius 3 is 2.60 bits per heavy atom. The summed E-state index contributed by atoms with van der Waals surface area (Å²) in [6.07, 6.45) is 9.92. The highest BCUT2D eigenvalue weighted by Crippen LogP contribution is 2.63. The fraction of sp³-hybridized carbons (Fsp3) is 0.650. The molecule has 1 aliphatic heterocycles. The summed E-state index contributed by atoms with van der Waals surface area (Å²) in [5.41, 5.74) is 0.695. The summed E-state index contributed by atoms with van der Waals surface area (Å²) in [7, 11) is -3.16. The van der Waals surface area contributed by atoms with Crippen LogP contribution in [0.5, 0.6) is 0 Å². The third-order valence-electron chi connectivity index (χ3n) is 7.05. The van der Waals surface area contributed by atoms with Crippen LogP contribution < -0.4 is 10.9 Å². The maximum Gasteiger partial charge on any atom is 0.271 e. The normalized spacial score (nSPS) is 24.5. The molecule has 1 saturated heterocycles. The standard InChI is InChI=1S/C20H26ClN5O3S/c1-30(28,29)25-9-4-14(5-10-25)23-19-22-12-13-11-15(21)18(27)26(17(13)24-19)16-3-2-6-20(16)7-8-20/h11-12,14,16H,2-10H2,1H3,(H,22,23,24). The zero-order chi connectivity index (χ0) is 21.1. The fourth-order valence-corrected chi connectivity index (χ4v) is 6.31. The first-order valence-corrected chi connectivity index (χ1v) is 12.8. The molecule has 1 atom stereocenters. The molecule has 2 aliphatic carbocycles. The molecule has 2 aromatic rings. The van der Waals surface area contributed by atoms with Gasteiger partial charge in [-0.2, -0.15) is 4.98 Å². The van der Waals surface area contributed by atoms with E-state index in [2.05, 4.69) is 10.3 Å². The second-order valence-electron chi connectivity index (χ2n) is 8.99. The molecule has 0 aromatic carbocycles. The van der Waals surface area contributed by atoms with Crippen LogP contribution in [0.3, 0.4) is 0 Å². The molecule has 5 rings (SSSR count). The van der Waals surface area contributed by atoms with Gasteiger partial charge in [0.1, 0.15) is 10.7 Å². The minimum absolute atomic E-state index is 0.0918. The van der Waals surface area contributed by atoms with Crippen molar-refractivity contribution in [3.05, 3.63) is 27.6 Å². The highest BCUT2D eigenvalue weighted by Gasteiger charge is 2.53. The van der Waals surface area contributed by atoms with Crippen LogP contribution in [0, 0.1) is 5.41 Å². The molecular weight excluding hydrogens is 426 g/mol. The van der Waals surface area contributed by atoms with Crippen molar-refractivity contribution in [1.29, 1.82) is 0 Å². The summed E-state index contributed by atoms with van der Waals surface area (Å²) in [6.45, 7) is 0.962. The van der Waals surface area contributed by atoms with E-state index in [4.69, 9.17) is 16.6 Å². The average molecular weight is 452 g/mol. The molecule has 10 heteroatoms. The number of pyridine rings is 1. The van der Waals surface area contributed by atoms with E-state index >= 15 is 0 Å². The second kappa shape index (κ2) is 7.17. The number of fused-ring (bicyclic) bond motifs is 1. The lowest BCUT2D eigenvalue weighted by Gasteiger charge is -2.30. The third-order valence-corrected chi connectivity index (χ3v) is 8.62. The largest absolute Gasteiger partial charge is 0.351 e. The number of nitrogens with zero attached hydrogens (tertiary/aromatic N) is 4. The van der Waals surface area contributed by atoms with Gasteiger partial charge in [0, 0.05) is 36.8 Å². The van der Waals surface area contributed by atoms with Gasteiger partial charge in [-0.25, -0.2) is 17.7 Å².